The van der Waals surface area contributed by atoms with Gasteiger partial charge in [-0.05, 0) is 58.7 Å². The normalized spacial score (nSPS) is 14.5. The Balaban J connectivity index is 2.64. The minimum absolute atomic E-state index is 0.0938. The van der Waals surface area contributed by atoms with Crippen molar-refractivity contribution in [3.63, 3.8) is 0 Å². The topological polar surface area (TPSA) is 125 Å². The van der Waals surface area contributed by atoms with Crippen molar-refractivity contribution in [2.45, 2.75) is 63.6 Å². The van der Waals surface area contributed by atoms with Crippen molar-refractivity contribution in [3.8, 4) is 0 Å². The molecule has 2 rings (SSSR count). The monoisotopic (exact) mass is 553 g/mol. The number of aryl methyl sites for hydroxylation is 2. The van der Waals surface area contributed by atoms with Gasteiger partial charge < -0.3 is 13.8 Å². The Hall–Kier alpha value is -2.36. The largest absolute Gasteiger partial charge is 0.465 e. The molecule has 11 heteroatoms. The van der Waals surface area contributed by atoms with E-state index < -0.39 is 40.6 Å². The van der Waals surface area contributed by atoms with Gasteiger partial charge in [-0.1, -0.05) is 48.0 Å². The lowest BCUT2D eigenvalue weighted by Gasteiger charge is -2.39. The zero-order chi connectivity index (χ0) is 27.7. The molecule has 0 unspecified atom stereocenters. The van der Waals surface area contributed by atoms with Crippen molar-refractivity contribution >= 4 is 29.4 Å². The van der Waals surface area contributed by atoms with Crippen LogP contribution < -0.4 is 4.72 Å². The van der Waals surface area contributed by atoms with Crippen LogP contribution in [0.4, 0.5) is 0 Å². The zero-order valence-corrected chi connectivity index (χ0v) is 23.6. The number of hydrogen-bond donors (Lipinski definition) is 1. The summed E-state index contributed by atoms with van der Waals surface area (Å²) >= 11 is 0. The number of nitrogens with one attached hydrogen (secondary N) is 1. The van der Waals surface area contributed by atoms with Gasteiger partial charge in [0, 0.05) is 6.42 Å². The number of ketones is 1. The van der Waals surface area contributed by atoms with Gasteiger partial charge in [-0.2, -0.15) is 4.72 Å². The number of rotatable bonds is 15. The van der Waals surface area contributed by atoms with Crippen LogP contribution in [0.3, 0.4) is 0 Å². The predicted molar refractivity (Wildman–Crippen MR) is 141 cm³/mol. The number of ether oxygens (including phenoxy) is 1. The van der Waals surface area contributed by atoms with Crippen molar-refractivity contribution in [1.29, 1.82) is 0 Å². The molecule has 9 nitrogen and oxygen atoms in total. The molecule has 0 aromatic heterocycles. The fourth-order valence-corrected chi connectivity index (χ4v) is 7.39. The number of benzene rings is 2. The Morgan fingerprint density at radius 2 is 1.51 bits per heavy atom. The molecule has 37 heavy (non-hydrogen) atoms. The maximum absolute atomic E-state index is 14.2. The molecule has 0 fully saturated rings. The molecule has 2 atom stereocenters. The second-order valence-corrected chi connectivity index (χ2v) is 12.7. The summed E-state index contributed by atoms with van der Waals surface area (Å²) in [5.74, 6) is -1.72. The van der Waals surface area contributed by atoms with Gasteiger partial charge in [0.25, 0.3) is 0 Å². The molecular formula is C26H36NO8PS. The van der Waals surface area contributed by atoms with E-state index in [0.29, 0.717) is 0 Å². The van der Waals surface area contributed by atoms with Crippen LogP contribution in [0.2, 0.25) is 0 Å². The van der Waals surface area contributed by atoms with Gasteiger partial charge in [0.2, 0.25) is 10.0 Å². The highest BCUT2D eigenvalue weighted by atomic mass is 32.2. The number of carbonyl (C=O) groups excluding carboxylic acids is 2. The number of esters is 1. The molecule has 0 radical (unpaired) electrons. The average Bonchev–Trinajstić information content (AvgIpc) is 2.86. The van der Waals surface area contributed by atoms with E-state index in [1.165, 1.54) is 19.1 Å². The van der Waals surface area contributed by atoms with Crippen molar-refractivity contribution < 1.29 is 36.4 Å². The van der Waals surface area contributed by atoms with Crippen LogP contribution in [0.15, 0.2) is 59.5 Å². The first kappa shape index (κ1) is 30.9. The van der Waals surface area contributed by atoms with Crippen molar-refractivity contribution in [3.05, 3.63) is 65.7 Å². The summed E-state index contributed by atoms with van der Waals surface area (Å²) in [5.41, 5.74) is 1.67. The van der Waals surface area contributed by atoms with Crippen LogP contribution in [-0.4, -0.2) is 51.2 Å². The average molecular weight is 554 g/mol. The molecule has 1 N–H and O–H groups in total. The molecule has 0 aliphatic heterocycles. The van der Waals surface area contributed by atoms with Crippen molar-refractivity contribution in [2.24, 2.45) is 0 Å². The van der Waals surface area contributed by atoms with E-state index in [0.717, 1.165) is 11.1 Å². The van der Waals surface area contributed by atoms with E-state index in [-0.39, 0.29) is 37.6 Å². The number of hydrogen-bond acceptors (Lipinski definition) is 8. The quantitative estimate of drug-likeness (QED) is 0.254. The maximum Gasteiger partial charge on any atom is 0.346 e. The summed E-state index contributed by atoms with van der Waals surface area (Å²) in [7, 11) is -8.76. The number of carbonyl (C=O) groups is 2. The third-order valence-corrected chi connectivity index (χ3v) is 10.2. The lowest BCUT2D eigenvalue weighted by Crippen LogP contribution is -2.60. The van der Waals surface area contributed by atoms with E-state index in [4.69, 9.17) is 13.8 Å². The van der Waals surface area contributed by atoms with Crippen molar-refractivity contribution in [1.82, 2.24) is 4.72 Å². The molecular weight excluding hydrogens is 517 g/mol. The summed E-state index contributed by atoms with van der Waals surface area (Å²) in [6.07, 6.45) is 0.126. The fraction of sp³-hybridized carbons (Fsp3) is 0.462. The van der Waals surface area contributed by atoms with Gasteiger partial charge in [-0.25, -0.2) is 8.42 Å². The van der Waals surface area contributed by atoms with E-state index in [9.17, 15) is 22.6 Å². The smallest absolute Gasteiger partial charge is 0.346 e. The molecule has 204 valence electrons. The summed E-state index contributed by atoms with van der Waals surface area (Å²) < 4.78 is 59.4. The first-order valence-electron chi connectivity index (χ1n) is 12.2. The van der Waals surface area contributed by atoms with Crippen LogP contribution in [0.25, 0.3) is 0 Å². The van der Waals surface area contributed by atoms with Crippen LogP contribution >= 0.6 is 7.60 Å². The first-order valence-corrected chi connectivity index (χ1v) is 15.2. The van der Waals surface area contributed by atoms with Crippen LogP contribution in [0.1, 0.15) is 45.2 Å². The first-order chi connectivity index (χ1) is 17.4. The number of sulfonamides is 1. The molecule has 0 saturated heterocycles. The molecule has 2 aromatic carbocycles. The summed E-state index contributed by atoms with van der Waals surface area (Å²) in [6.45, 7) is 7.43. The van der Waals surface area contributed by atoms with Gasteiger partial charge in [0.15, 0.2) is 10.9 Å². The van der Waals surface area contributed by atoms with E-state index in [2.05, 4.69) is 4.72 Å². The van der Waals surface area contributed by atoms with Crippen LogP contribution in [0, 0.1) is 6.92 Å². The fourth-order valence-electron chi connectivity index (χ4n) is 3.83. The molecule has 0 aliphatic carbocycles. The lowest BCUT2D eigenvalue weighted by atomic mass is 9.92. The Kier molecular flexibility index (Phi) is 11.2. The SMILES string of the molecule is CCOC(=O)[C@@H](NS(=O)(=O)c1ccc(C)cc1)[C@](C)(C(=O)CCc1ccccc1)P(=O)(OCC)OCC. The summed E-state index contributed by atoms with van der Waals surface area (Å²) in [4.78, 5) is 27.0. The van der Waals surface area contributed by atoms with E-state index in [1.807, 2.05) is 30.3 Å². The standard InChI is InChI=1S/C26H36NO8PS/c1-6-33-25(29)24(27-37(31,32)22-17-14-20(4)15-18-22)26(5,36(30,34-7-2)35-8-3)23(28)19-16-21-12-10-9-11-13-21/h9-15,17-18,24,27H,6-8,16,19H2,1-5H3/t24-,26+/m1/s1. The molecule has 0 spiro atoms. The molecule has 0 saturated carbocycles. The Bertz CT molecular complexity index is 1190. The Morgan fingerprint density at radius 1 is 0.946 bits per heavy atom. The number of Topliss-reactive ketones (excluding diaryl/α,β-unsaturated/α-hetero) is 1. The third-order valence-electron chi connectivity index (χ3n) is 5.90. The predicted octanol–water partition coefficient (Wildman–Crippen LogP) is 4.43. The van der Waals surface area contributed by atoms with E-state index >= 15 is 0 Å². The molecule has 0 amide bonds. The zero-order valence-electron chi connectivity index (χ0n) is 21.9. The maximum atomic E-state index is 14.2. The molecule has 0 aliphatic rings. The van der Waals surface area contributed by atoms with Gasteiger partial charge >= 0.3 is 13.6 Å². The molecule has 0 bridgehead atoms. The second-order valence-electron chi connectivity index (χ2n) is 8.51. The minimum atomic E-state index is -4.42. The lowest BCUT2D eigenvalue weighted by molar-refractivity contribution is -0.148. The Labute approximate surface area is 219 Å². The molecule has 0 heterocycles. The highest BCUT2D eigenvalue weighted by Crippen LogP contribution is 2.62. The summed E-state index contributed by atoms with van der Waals surface area (Å²) in [6, 6.07) is 13.2. The van der Waals surface area contributed by atoms with Crippen molar-refractivity contribution in [2.75, 3.05) is 19.8 Å². The molecule has 2 aromatic rings. The second kappa shape index (κ2) is 13.4. The third kappa shape index (κ3) is 7.36. The summed E-state index contributed by atoms with van der Waals surface area (Å²) in [5, 5.41) is -2.22. The van der Waals surface area contributed by atoms with Gasteiger partial charge in [-0.15, -0.1) is 0 Å². The van der Waals surface area contributed by atoms with Crippen LogP contribution in [-0.2, 0) is 44.4 Å². The highest BCUT2D eigenvalue weighted by Gasteiger charge is 2.61. The van der Waals surface area contributed by atoms with Gasteiger partial charge in [0.1, 0.15) is 6.04 Å². The highest BCUT2D eigenvalue weighted by molar-refractivity contribution is 7.89. The van der Waals surface area contributed by atoms with Gasteiger partial charge in [-0.3, -0.25) is 14.2 Å². The van der Waals surface area contributed by atoms with E-state index in [1.54, 1.807) is 39.8 Å². The minimum Gasteiger partial charge on any atom is -0.465 e. The van der Waals surface area contributed by atoms with Crippen LogP contribution in [0.5, 0.6) is 0 Å². The Morgan fingerprint density at radius 3 is 2.03 bits per heavy atom. The van der Waals surface area contributed by atoms with Gasteiger partial charge in [0.05, 0.1) is 24.7 Å².